The zero-order chi connectivity index (χ0) is 13.0. The molecule has 0 aromatic carbocycles. The van der Waals surface area contributed by atoms with E-state index in [0.717, 1.165) is 19.3 Å². The van der Waals surface area contributed by atoms with Crippen LogP contribution in [-0.2, 0) is 17.1 Å². The van der Waals surface area contributed by atoms with E-state index in [4.69, 9.17) is 5.73 Å². The highest BCUT2D eigenvalue weighted by Gasteiger charge is 2.52. The van der Waals surface area contributed by atoms with Crippen molar-refractivity contribution < 1.29 is 8.42 Å². The number of rotatable bonds is 2. The third-order valence-electron chi connectivity index (χ3n) is 4.32. The summed E-state index contributed by atoms with van der Waals surface area (Å²) in [4.78, 5) is 0. The Balaban J connectivity index is 1.88. The predicted octanol–water partition coefficient (Wildman–Crippen LogP) is -0.0780. The fourth-order valence-corrected chi connectivity index (χ4v) is 4.47. The van der Waals surface area contributed by atoms with Gasteiger partial charge in [-0.3, -0.25) is 4.68 Å². The van der Waals surface area contributed by atoms with E-state index in [-0.39, 0.29) is 16.5 Å². The number of sulfonamides is 1. The zero-order valence-corrected chi connectivity index (χ0v) is 11.2. The number of aromatic nitrogens is 2. The second-order valence-corrected chi connectivity index (χ2v) is 7.33. The Labute approximate surface area is 107 Å². The van der Waals surface area contributed by atoms with Gasteiger partial charge in [0, 0.05) is 37.8 Å². The minimum atomic E-state index is -3.48. The molecule has 1 unspecified atom stereocenters. The average molecular weight is 270 g/mol. The molecule has 100 valence electrons. The number of nitrogens with zero attached hydrogens (tertiary/aromatic N) is 3. The van der Waals surface area contributed by atoms with Crippen LogP contribution in [0.1, 0.15) is 19.3 Å². The molecule has 2 heterocycles. The standard InChI is InChI=1S/C11H18N4O2S/c1-14-6-3-10(13-14)18(16,17)15-7-9(12)11(8-15)4-2-5-11/h3,6,9H,2,4-5,7-8,12H2,1H3. The smallest absolute Gasteiger partial charge is 0.262 e. The van der Waals surface area contributed by atoms with Gasteiger partial charge in [0.2, 0.25) is 0 Å². The fourth-order valence-electron chi connectivity index (χ4n) is 2.95. The fraction of sp³-hybridized carbons (Fsp3) is 0.727. The molecule has 0 amide bonds. The Morgan fingerprint density at radius 2 is 2.22 bits per heavy atom. The molecule has 7 heteroatoms. The van der Waals surface area contributed by atoms with Gasteiger partial charge < -0.3 is 5.73 Å². The van der Waals surface area contributed by atoms with Crippen molar-refractivity contribution in [2.45, 2.75) is 30.3 Å². The van der Waals surface area contributed by atoms with Gasteiger partial charge >= 0.3 is 0 Å². The molecular weight excluding hydrogens is 252 g/mol. The molecule has 1 spiro atoms. The Morgan fingerprint density at radius 1 is 1.50 bits per heavy atom. The first-order valence-corrected chi connectivity index (χ1v) is 7.63. The summed E-state index contributed by atoms with van der Waals surface area (Å²) in [5.74, 6) is 0. The summed E-state index contributed by atoms with van der Waals surface area (Å²) < 4.78 is 27.8. The SMILES string of the molecule is Cn1ccc(S(=O)(=O)N2CC(N)C3(CCC3)C2)n1. The maximum atomic E-state index is 12.4. The summed E-state index contributed by atoms with van der Waals surface area (Å²) >= 11 is 0. The molecule has 2 N–H and O–H groups in total. The van der Waals surface area contributed by atoms with Crippen molar-refractivity contribution in [3.63, 3.8) is 0 Å². The van der Waals surface area contributed by atoms with Crippen LogP contribution in [0.15, 0.2) is 17.3 Å². The van der Waals surface area contributed by atoms with Crippen LogP contribution >= 0.6 is 0 Å². The molecule has 1 aliphatic carbocycles. The van der Waals surface area contributed by atoms with E-state index in [1.54, 1.807) is 13.2 Å². The molecule has 1 saturated carbocycles. The van der Waals surface area contributed by atoms with E-state index < -0.39 is 10.0 Å². The number of aryl methyl sites for hydroxylation is 1. The van der Waals surface area contributed by atoms with Gasteiger partial charge in [-0.1, -0.05) is 6.42 Å². The first kappa shape index (κ1) is 12.1. The summed E-state index contributed by atoms with van der Waals surface area (Å²) in [5, 5.41) is 4.11. The Bertz CT molecular complexity index is 561. The first-order chi connectivity index (χ1) is 8.44. The third kappa shape index (κ3) is 1.61. The lowest BCUT2D eigenvalue weighted by molar-refractivity contribution is 0.133. The maximum absolute atomic E-state index is 12.4. The number of hydrogen-bond donors (Lipinski definition) is 1. The van der Waals surface area contributed by atoms with Gasteiger partial charge in [0.1, 0.15) is 0 Å². The van der Waals surface area contributed by atoms with E-state index in [1.807, 2.05) is 0 Å². The van der Waals surface area contributed by atoms with Crippen LogP contribution in [0.25, 0.3) is 0 Å². The van der Waals surface area contributed by atoms with Crippen molar-refractivity contribution in [2.75, 3.05) is 13.1 Å². The lowest BCUT2D eigenvalue weighted by Crippen LogP contribution is -2.45. The van der Waals surface area contributed by atoms with Crippen molar-refractivity contribution in [1.82, 2.24) is 14.1 Å². The molecule has 0 radical (unpaired) electrons. The van der Waals surface area contributed by atoms with E-state index in [0.29, 0.717) is 13.1 Å². The van der Waals surface area contributed by atoms with Crippen LogP contribution in [0, 0.1) is 5.41 Å². The summed E-state index contributed by atoms with van der Waals surface area (Å²) in [6.07, 6.45) is 4.89. The van der Waals surface area contributed by atoms with Crippen molar-refractivity contribution in [3.8, 4) is 0 Å². The van der Waals surface area contributed by atoms with Crippen LogP contribution in [0.3, 0.4) is 0 Å². The van der Waals surface area contributed by atoms with E-state index in [1.165, 1.54) is 15.1 Å². The molecule has 2 fully saturated rings. The van der Waals surface area contributed by atoms with E-state index in [9.17, 15) is 8.42 Å². The van der Waals surface area contributed by atoms with Crippen LogP contribution in [0.5, 0.6) is 0 Å². The van der Waals surface area contributed by atoms with Crippen molar-refractivity contribution >= 4 is 10.0 Å². The number of hydrogen-bond acceptors (Lipinski definition) is 4. The van der Waals surface area contributed by atoms with Gasteiger partial charge in [0.05, 0.1) is 0 Å². The highest BCUT2D eigenvalue weighted by atomic mass is 32.2. The van der Waals surface area contributed by atoms with E-state index >= 15 is 0 Å². The minimum absolute atomic E-state index is 0.0296. The van der Waals surface area contributed by atoms with Gasteiger partial charge in [-0.25, -0.2) is 8.42 Å². The molecule has 1 saturated heterocycles. The molecule has 18 heavy (non-hydrogen) atoms. The summed E-state index contributed by atoms with van der Waals surface area (Å²) in [7, 11) is -1.77. The minimum Gasteiger partial charge on any atom is -0.326 e. The molecule has 1 atom stereocenters. The average Bonchev–Trinajstić information content (AvgIpc) is 2.81. The Hall–Kier alpha value is -0.920. The first-order valence-electron chi connectivity index (χ1n) is 6.19. The normalized spacial score (nSPS) is 27.6. The van der Waals surface area contributed by atoms with Gasteiger partial charge in [0.25, 0.3) is 10.0 Å². The summed E-state index contributed by atoms with van der Waals surface area (Å²) in [5.41, 5.74) is 6.14. The topological polar surface area (TPSA) is 81.2 Å². The maximum Gasteiger partial charge on any atom is 0.262 e. The summed E-state index contributed by atoms with van der Waals surface area (Å²) in [6, 6.07) is 1.50. The lowest BCUT2D eigenvalue weighted by atomic mass is 9.66. The highest BCUT2D eigenvalue weighted by molar-refractivity contribution is 7.89. The Morgan fingerprint density at radius 3 is 2.67 bits per heavy atom. The third-order valence-corrected chi connectivity index (χ3v) is 6.03. The van der Waals surface area contributed by atoms with Crippen LogP contribution in [0.4, 0.5) is 0 Å². The predicted molar refractivity (Wildman–Crippen MR) is 66.2 cm³/mol. The molecule has 2 aliphatic rings. The van der Waals surface area contributed by atoms with Crippen LogP contribution in [0.2, 0.25) is 0 Å². The highest BCUT2D eigenvalue weighted by Crippen LogP contribution is 2.48. The molecule has 1 aromatic rings. The van der Waals surface area contributed by atoms with Gasteiger partial charge in [-0.05, 0) is 18.9 Å². The molecule has 3 rings (SSSR count). The Kier molecular flexibility index (Phi) is 2.55. The molecule has 1 aromatic heterocycles. The van der Waals surface area contributed by atoms with Crippen molar-refractivity contribution in [3.05, 3.63) is 12.3 Å². The molecule has 6 nitrogen and oxygen atoms in total. The van der Waals surface area contributed by atoms with Crippen LogP contribution < -0.4 is 5.73 Å². The zero-order valence-electron chi connectivity index (χ0n) is 10.4. The second-order valence-electron chi connectivity index (χ2n) is 5.45. The molecule has 1 aliphatic heterocycles. The monoisotopic (exact) mass is 270 g/mol. The van der Waals surface area contributed by atoms with Gasteiger partial charge in [0.15, 0.2) is 5.03 Å². The van der Waals surface area contributed by atoms with Crippen molar-refractivity contribution in [1.29, 1.82) is 0 Å². The second kappa shape index (κ2) is 3.79. The van der Waals surface area contributed by atoms with Gasteiger partial charge in [-0.2, -0.15) is 9.40 Å². The van der Waals surface area contributed by atoms with Crippen LogP contribution in [-0.4, -0.2) is 41.6 Å². The van der Waals surface area contributed by atoms with Gasteiger partial charge in [-0.15, -0.1) is 0 Å². The largest absolute Gasteiger partial charge is 0.326 e. The van der Waals surface area contributed by atoms with Crippen molar-refractivity contribution in [2.24, 2.45) is 18.2 Å². The molecule has 0 bridgehead atoms. The quantitative estimate of drug-likeness (QED) is 0.815. The molecular formula is C11H18N4O2S. The number of nitrogens with two attached hydrogens (primary N) is 1. The summed E-state index contributed by atoms with van der Waals surface area (Å²) in [6.45, 7) is 0.964. The van der Waals surface area contributed by atoms with E-state index in [2.05, 4.69) is 5.10 Å². The lowest BCUT2D eigenvalue weighted by Gasteiger charge is -2.41.